The van der Waals surface area contributed by atoms with Gasteiger partial charge in [-0.05, 0) is 96.3 Å². The summed E-state index contributed by atoms with van der Waals surface area (Å²) in [6.07, 6.45) is 48.8. The minimum atomic E-state index is -1.58. The summed E-state index contributed by atoms with van der Waals surface area (Å²) >= 11 is 0. The predicted octanol–water partition coefficient (Wildman–Crippen LogP) is 11.9. The Hall–Kier alpha value is -2.64. The number of hydrogen-bond acceptors (Lipinski definition) is 10. The summed E-state index contributed by atoms with van der Waals surface area (Å²) in [5.41, 5.74) is 0. The molecule has 0 radical (unpaired) electrons. The summed E-state index contributed by atoms with van der Waals surface area (Å²) in [6.45, 7) is 4.20. The zero-order chi connectivity index (χ0) is 49.6. The lowest BCUT2D eigenvalue weighted by molar-refractivity contribution is -0.302. The second-order valence-electron chi connectivity index (χ2n) is 19.0. The van der Waals surface area contributed by atoms with Crippen molar-refractivity contribution in [2.75, 3.05) is 19.8 Å². The van der Waals surface area contributed by atoms with Gasteiger partial charge in [-0.25, -0.2) is 0 Å². The molecule has 394 valence electrons. The third-order valence-corrected chi connectivity index (χ3v) is 12.6. The van der Waals surface area contributed by atoms with Gasteiger partial charge in [-0.1, -0.05) is 177 Å². The molecular formula is C57H101NO10. The molecule has 1 aliphatic rings. The highest BCUT2D eigenvalue weighted by atomic mass is 16.7. The highest BCUT2D eigenvalue weighted by Gasteiger charge is 2.44. The van der Waals surface area contributed by atoms with Crippen LogP contribution in [0.3, 0.4) is 0 Å². The lowest BCUT2D eigenvalue weighted by Gasteiger charge is -2.40. The molecule has 68 heavy (non-hydrogen) atoms. The van der Waals surface area contributed by atoms with Crippen molar-refractivity contribution >= 4 is 11.9 Å². The number of aliphatic hydroxyl groups excluding tert-OH is 5. The van der Waals surface area contributed by atoms with Crippen LogP contribution in [-0.4, -0.2) is 100 Å². The van der Waals surface area contributed by atoms with Gasteiger partial charge >= 0.3 is 5.97 Å². The Bertz CT molecular complexity index is 1310. The minimum Gasteiger partial charge on any atom is -0.466 e. The van der Waals surface area contributed by atoms with Crippen LogP contribution in [0.25, 0.3) is 0 Å². The first kappa shape index (κ1) is 63.4. The van der Waals surface area contributed by atoms with E-state index >= 15 is 0 Å². The molecule has 0 aromatic heterocycles. The molecule has 1 saturated heterocycles. The van der Waals surface area contributed by atoms with Crippen LogP contribution < -0.4 is 5.32 Å². The van der Waals surface area contributed by atoms with E-state index in [0.717, 1.165) is 116 Å². The van der Waals surface area contributed by atoms with Gasteiger partial charge in [0.1, 0.15) is 24.4 Å². The first-order valence-electron chi connectivity index (χ1n) is 27.6. The smallest absolute Gasteiger partial charge is 0.305 e. The van der Waals surface area contributed by atoms with Crippen LogP contribution in [0.15, 0.2) is 60.8 Å². The molecule has 6 N–H and O–H groups in total. The average molecular weight is 960 g/mol. The molecule has 1 amide bonds. The second kappa shape index (κ2) is 46.7. The van der Waals surface area contributed by atoms with Gasteiger partial charge in [-0.3, -0.25) is 9.59 Å². The molecule has 1 aliphatic heterocycles. The van der Waals surface area contributed by atoms with E-state index in [2.05, 4.69) is 67.8 Å². The molecule has 0 spiro atoms. The zero-order valence-electron chi connectivity index (χ0n) is 43.0. The third-order valence-electron chi connectivity index (χ3n) is 12.6. The van der Waals surface area contributed by atoms with Crippen molar-refractivity contribution in [1.29, 1.82) is 0 Å². The summed E-state index contributed by atoms with van der Waals surface area (Å²) in [7, 11) is 0. The van der Waals surface area contributed by atoms with Gasteiger partial charge in [0.2, 0.25) is 5.91 Å². The van der Waals surface area contributed by atoms with E-state index in [1.54, 1.807) is 6.08 Å². The largest absolute Gasteiger partial charge is 0.466 e. The summed E-state index contributed by atoms with van der Waals surface area (Å²) < 4.78 is 16.6. The fourth-order valence-electron chi connectivity index (χ4n) is 8.16. The van der Waals surface area contributed by atoms with E-state index in [9.17, 15) is 35.1 Å². The number of ether oxygens (including phenoxy) is 3. The van der Waals surface area contributed by atoms with Crippen molar-refractivity contribution < 1.29 is 49.3 Å². The van der Waals surface area contributed by atoms with Gasteiger partial charge in [0.25, 0.3) is 0 Å². The molecule has 11 nitrogen and oxygen atoms in total. The van der Waals surface area contributed by atoms with E-state index in [4.69, 9.17) is 14.2 Å². The Morgan fingerprint density at radius 3 is 1.59 bits per heavy atom. The van der Waals surface area contributed by atoms with E-state index in [1.807, 2.05) is 6.08 Å². The molecule has 7 unspecified atom stereocenters. The first-order chi connectivity index (χ1) is 33.2. The Labute approximate surface area is 414 Å². The lowest BCUT2D eigenvalue weighted by atomic mass is 9.99. The number of rotatable bonds is 46. The summed E-state index contributed by atoms with van der Waals surface area (Å²) in [5, 5.41) is 54.1. The number of esters is 1. The lowest BCUT2D eigenvalue weighted by Crippen LogP contribution is -2.60. The van der Waals surface area contributed by atoms with Crippen LogP contribution in [-0.2, 0) is 23.8 Å². The molecule has 0 saturated carbocycles. The number of aliphatic hydroxyl groups is 5. The number of carbonyl (C=O) groups is 2. The molecule has 0 aromatic rings. The third kappa shape index (κ3) is 36.3. The molecule has 1 fully saturated rings. The normalized spacial score (nSPS) is 19.9. The van der Waals surface area contributed by atoms with Crippen LogP contribution in [0.2, 0.25) is 0 Å². The first-order valence-corrected chi connectivity index (χ1v) is 27.6. The zero-order valence-corrected chi connectivity index (χ0v) is 43.0. The SMILES string of the molecule is CCCCCC/C=C\C/C=C\CCCCCCCC(=O)OCCCCC/C=C\C=C/CCCCCCCCC(=O)NC(COC1OC(CO)C(O)C(O)C1O)C(O)/C=C/CCCCCCCCC. The highest BCUT2D eigenvalue weighted by molar-refractivity contribution is 5.76. The maximum Gasteiger partial charge on any atom is 0.305 e. The van der Waals surface area contributed by atoms with Gasteiger partial charge < -0.3 is 45.1 Å². The second-order valence-corrected chi connectivity index (χ2v) is 19.0. The Kier molecular flexibility index (Phi) is 43.5. The predicted molar refractivity (Wildman–Crippen MR) is 278 cm³/mol. The van der Waals surface area contributed by atoms with Gasteiger partial charge in [-0.15, -0.1) is 0 Å². The van der Waals surface area contributed by atoms with Crippen molar-refractivity contribution in [2.24, 2.45) is 0 Å². The molecule has 0 aromatic carbocycles. The maximum atomic E-state index is 13.0. The van der Waals surface area contributed by atoms with Crippen LogP contribution in [0.1, 0.15) is 226 Å². The van der Waals surface area contributed by atoms with Crippen LogP contribution in [0.4, 0.5) is 0 Å². The van der Waals surface area contributed by atoms with E-state index in [1.165, 1.54) is 83.5 Å². The fourth-order valence-corrected chi connectivity index (χ4v) is 8.16. The molecule has 0 aliphatic carbocycles. The Balaban J connectivity index is 2.12. The van der Waals surface area contributed by atoms with Crippen molar-refractivity contribution in [1.82, 2.24) is 5.32 Å². The van der Waals surface area contributed by atoms with Gasteiger partial charge in [0, 0.05) is 12.8 Å². The maximum absolute atomic E-state index is 13.0. The van der Waals surface area contributed by atoms with Crippen molar-refractivity contribution in [3.63, 3.8) is 0 Å². The minimum absolute atomic E-state index is 0.0557. The quantitative estimate of drug-likeness (QED) is 0.0149. The molecule has 0 bridgehead atoms. The standard InChI is InChI=1S/C57H101NO10/c1-3-5-7-9-11-13-14-15-16-19-22-25-29-33-37-41-45-53(62)66-46-42-38-34-30-26-23-20-17-18-21-24-28-32-36-40-44-52(61)58-49(50(60)43-39-35-31-27-12-10-8-6-4-2)48-67-57-56(65)55(64)54(63)51(47-59)68-57/h13-14,16-17,19-20,23,26,39,43,49-51,54-57,59-60,63-65H,3-12,15,18,21-22,24-25,27-38,40-42,44-48H2,1-2H3,(H,58,61)/b14-13-,19-16-,20-17-,26-23-,43-39+. The summed E-state index contributed by atoms with van der Waals surface area (Å²) in [5.74, 6) is -0.265. The van der Waals surface area contributed by atoms with Gasteiger partial charge in [0.15, 0.2) is 6.29 Å². The number of hydrogen-bond donors (Lipinski definition) is 6. The molecule has 7 atom stereocenters. The van der Waals surface area contributed by atoms with Gasteiger partial charge in [0.05, 0.1) is 32.0 Å². The number of amides is 1. The van der Waals surface area contributed by atoms with E-state index in [-0.39, 0.29) is 18.5 Å². The molecule has 1 heterocycles. The topological polar surface area (TPSA) is 175 Å². The highest BCUT2D eigenvalue weighted by Crippen LogP contribution is 2.23. The monoisotopic (exact) mass is 960 g/mol. The number of nitrogens with one attached hydrogen (secondary N) is 1. The van der Waals surface area contributed by atoms with Crippen molar-refractivity contribution in [2.45, 2.75) is 269 Å². The summed E-state index contributed by atoms with van der Waals surface area (Å²) in [6, 6.07) is -0.827. The number of unbranched alkanes of at least 4 members (excludes halogenated alkanes) is 25. The molecular weight excluding hydrogens is 859 g/mol. The molecule has 1 rings (SSSR count). The molecule has 11 heteroatoms. The van der Waals surface area contributed by atoms with Crippen molar-refractivity contribution in [3.05, 3.63) is 60.8 Å². The van der Waals surface area contributed by atoms with Gasteiger partial charge in [-0.2, -0.15) is 0 Å². The average Bonchev–Trinajstić information content (AvgIpc) is 3.33. The fraction of sp³-hybridized carbons (Fsp3) is 0.789. The number of carbonyl (C=O) groups excluding carboxylic acids is 2. The summed E-state index contributed by atoms with van der Waals surface area (Å²) in [4.78, 5) is 25.0. The Morgan fingerprint density at radius 1 is 0.559 bits per heavy atom. The van der Waals surface area contributed by atoms with Crippen LogP contribution >= 0.6 is 0 Å². The number of allylic oxidation sites excluding steroid dienone is 9. The van der Waals surface area contributed by atoms with Crippen LogP contribution in [0, 0.1) is 0 Å². The Morgan fingerprint density at radius 2 is 1.03 bits per heavy atom. The van der Waals surface area contributed by atoms with Crippen LogP contribution in [0.5, 0.6) is 0 Å². The van der Waals surface area contributed by atoms with Crippen molar-refractivity contribution in [3.8, 4) is 0 Å². The van der Waals surface area contributed by atoms with E-state index in [0.29, 0.717) is 19.4 Å². The van der Waals surface area contributed by atoms with E-state index < -0.39 is 49.5 Å².